The van der Waals surface area contributed by atoms with Crippen LogP contribution in [0.1, 0.15) is 97.3 Å². The van der Waals surface area contributed by atoms with Crippen molar-refractivity contribution < 1.29 is 14.2 Å². The van der Waals surface area contributed by atoms with Crippen molar-refractivity contribution in [2.24, 2.45) is 0 Å². The molecule has 0 bridgehead atoms. The van der Waals surface area contributed by atoms with E-state index in [-0.39, 0.29) is 12.4 Å². The molecule has 1 fully saturated rings. The molecule has 0 aromatic rings. The molecule has 1 rings (SSSR count). The Bertz CT molecular complexity index is 239. The van der Waals surface area contributed by atoms with Gasteiger partial charge in [-0.15, -0.1) is 0 Å². The molecule has 0 aromatic carbocycles. The summed E-state index contributed by atoms with van der Waals surface area (Å²) < 4.78 is 17.2. The minimum atomic E-state index is -0.000300. The highest BCUT2D eigenvalue weighted by molar-refractivity contribution is 4.57. The first-order valence-corrected chi connectivity index (χ1v) is 10.2. The number of hydrogen-bond donors (Lipinski definition) is 0. The molecule has 0 aromatic heterocycles. The molecule has 0 N–H and O–H groups in total. The van der Waals surface area contributed by atoms with Crippen molar-refractivity contribution in [2.75, 3.05) is 19.8 Å². The van der Waals surface area contributed by atoms with Gasteiger partial charge in [-0.3, -0.25) is 0 Å². The Kier molecular flexibility index (Phi) is 14.0. The highest BCUT2D eigenvalue weighted by atomic mass is 16.7. The van der Waals surface area contributed by atoms with Crippen LogP contribution in [0.4, 0.5) is 0 Å². The van der Waals surface area contributed by atoms with Gasteiger partial charge in [0.2, 0.25) is 0 Å². The number of ether oxygens (including phenoxy) is 3. The lowest BCUT2D eigenvalue weighted by Crippen LogP contribution is -2.28. The predicted molar refractivity (Wildman–Crippen MR) is 96.8 cm³/mol. The van der Waals surface area contributed by atoms with Gasteiger partial charge < -0.3 is 14.2 Å². The van der Waals surface area contributed by atoms with Gasteiger partial charge in [0.15, 0.2) is 6.29 Å². The monoisotopic (exact) mass is 328 g/mol. The second-order valence-electron chi connectivity index (χ2n) is 7.00. The molecule has 0 aliphatic carbocycles. The van der Waals surface area contributed by atoms with Gasteiger partial charge in [-0.25, -0.2) is 0 Å². The zero-order valence-electron chi connectivity index (χ0n) is 15.7. The van der Waals surface area contributed by atoms with E-state index in [0.717, 1.165) is 19.6 Å². The van der Waals surface area contributed by atoms with Crippen molar-refractivity contribution in [2.45, 2.75) is 110 Å². The first-order chi connectivity index (χ1) is 11.3. The fraction of sp³-hybridized carbons (Fsp3) is 1.00. The molecular weight excluding hydrogens is 288 g/mol. The van der Waals surface area contributed by atoms with Gasteiger partial charge in [0, 0.05) is 13.2 Å². The summed E-state index contributed by atoms with van der Waals surface area (Å²) in [5.41, 5.74) is 0. The maximum Gasteiger partial charge on any atom is 0.158 e. The van der Waals surface area contributed by atoms with E-state index in [2.05, 4.69) is 13.8 Å². The summed E-state index contributed by atoms with van der Waals surface area (Å²) in [6.07, 6.45) is 17.2. The van der Waals surface area contributed by atoms with Crippen LogP contribution in [-0.4, -0.2) is 32.2 Å². The fourth-order valence-corrected chi connectivity index (χ4v) is 3.06. The Labute approximate surface area is 144 Å². The largest absolute Gasteiger partial charge is 0.379 e. The van der Waals surface area contributed by atoms with Crippen LogP contribution in [0.5, 0.6) is 0 Å². The lowest BCUT2D eigenvalue weighted by atomic mass is 10.1. The highest BCUT2D eigenvalue weighted by Crippen LogP contribution is 2.15. The van der Waals surface area contributed by atoms with Crippen LogP contribution >= 0.6 is 0 Å². The maximum atomic E-state index is 5.84. The molecule has 1 saturated heterocycles. The first kappa shape index (κ1) is 20.9. The van der Waals surface area contributed by atoms with Crippen LogP contribution < -0.4 is 0 Å². The zero-order valence-corrected chi connectivity index (χ0v) is 15.7. The third-order valence-corrected chi connectivity index (χ3v) is 4.52. The van der Waals surface area contributed by atoms with E-state index in [0.29, 0.717) is 6.61 Å². The van der Waals surface area contributed by atoms with Crippen molar-refractivity contribution in [3.05, 3.63) is 0 Å². The summed E-state index contributed by atoms with van der Waals surface area (Å²) in [7, 11) is 0. The Morgan fingerprint density at radius 3 is 2.17 bits per heavy atom. The van der Waals surface area contributed by atoms with Crippen molar-refractivity contribution in [1.29, 1.82) is 0 Å². The standard InChI is InChI=1S/C20H40O3/c1-3-4-5-6-7-8-9-10-11-13-16-21-18-19(2)23-20-15-12-14-17-22-20/h19-20H,3-18H2,1-2H3/t19-,20?/m0/s1. The van der Waals surface area contributed by atoms with Crippen LogP contribution in [0.2, 0.25) is 0 Å². The van der Waals surface area contributed by atoms with E-state index in [1.54, 1.807) is 0 Å². The molecule has 1 heterocycles. The SMILES string of the molecule is CCCCCCCCCCCCOC[C@H](C)OC1CCCCO1. The summed E-state index contributed by atoms with van der Waals surface area (Å²) in [6, 6.07) is 0. The normalized spacial score (nSPS) is 19.8. The Hall–Kier alpha value is -0.120. The van der Waals surface area contributed by atoms with Gasteiger partial charge in [0.1, 0.15) is 0 Å². The van der Waals surface area contributed by atoms with Crippen LogP contribution in [0.3, 0.4) is 0 Å². The molecule has 23 heavy (non-hydrogen) atoms. The molecule has 0 spiro atoms. The average Bonchev–Trinajstić information content (AvgIpc) is 2.57. The molecule has 1 aliphatic rings. The quantitative estimate of drug-likeness (QED) is 0.353. The van der Waals surface area contributed by atoms with Crippen LogP contribution in [0, 0.1) is 0 Å². The first-order valence-electron chi connectivity index (χ1n) is 10.2. The molecule has 0 radical (unpaired) electrons. The molecule has 3 nitrogen and oxygen atoms in total. The van der Waals surface area contributed by atoms with E-state index in [1.165, 1.54) is 77.0 Å². The highest BCUT2D eigenvalue weighted by Gasteiger charge is 2.17. The van der Waals surface area contributed by atoms with Gasteiger partial charge in [-0.2, -0.15) is 0 Å². The molecule has 3 heteroatoms. The summed E-state index contributed by atoms with van der Waals surface area (Å²) >= 11 is 0. The Balaban J connectivity index is 1.77. The molecule has 0 amide bonds. The summed E-state index contributed by atoms with van der Waals surface area (Å²) in [5, 5.41) is 0. The van der Waals surface area contributed by atoms with E-state index >= 15 is 0 Å². The van der Waals surface area contributed by atoms with E-state index in [9.17, 15) is 0 Å². The van der Waals surface area contributed by atoms with E-state index < -0.39 is 0 Å². The molecule has 2 atom stereocenters. The van der Waals surface area contributed by atoms with Crippen LogP contribution in [-0.2, 0) is 14.2 Å². The topological polar surface area (TPSA) is 27.7 Å². The summed E-state index contributed by atoms with van der Waals surface area (Å²) in [6.45, 7) is 6.76. The molecular formula is C20H40O3. The number of rotatable bonds is 15. The Morgan fingerprint density at radius 2 is 1.57 bits per heavy atom. The van der Waals surface area contributed by atoms with Crippen molar-refractivity contribution in [3.8, 4) is 0 Å². The van der Waals surface area contributed by atoms with E-state index in [1.807, 2.05) is 0 Å². The number of unbranched alkanes of at least 4 members (excludes halogenated alkanes) is 9. The molecule has 138 valence electrons. The fourth-order valence-electron chi connectivity index (χ4n) is 3.06. The van der Waals surface area contributed by atoms with Gasteiger partial charge in [0.05, 0.1) is 12.7 Å². The van der Waals surface area contributed by atoms with Gasteiger partial charge in [-0.1, -0.05) is 64.7 Å². The zero-order chi connectivity index (χ0) is 16.6. The smallest absolute Gasteiger partial charge is 0.158 e. The molecule has 1 unspecified atom stereocenters. The lowest BCUT2D eigenvalue weighted by Gasteiger charge is -2.25. The van der Waals surface area contributed by atoms with Gasteiger partial charge >= 0.3 is 0 Å². The van der Waals surface area contributed by atoms with E-state index in [4.69, 9.17) is 14.2 Å². The second-order valence-corrected chi connectivity index (χ2v) is 7.00. The summed E-state index contributed by atoms with van der Waals surface area (Å²) in [4.78, 5) is 0. The van der Waals surface area contributed by atoms with Crippen LogP contribution in [0.25, 0.3) is 0 Å². The van der Waals surface area contributed by atoms with Crippen molar-refractivity contribution >= 4 is 0 Å². The van der Waals surface area contributed by atoms with Gasteiger partial charge in [-0.05, 0) is 32.6 Å². The van der Waals surface area contributed by atoms with Crippen molar-refractivity contribution in [3.63, 3.8) is 0 Å². The molecule has 0 saturated carbocycles. The summed E-state index contributed by atoms with van der Waals surface area (Å²) in [5.74, 6) is 0. The average molecular weight is 329 g/mol. The van der Waals surface area contributed by atoms with Crippen molar-refractivity contribution in [1.82, 2.24) is 0 Å². The predicted octanol–water partition coefficient (Wildman–Crippen LogP) is 5.86. The minimum Gasteiger partial charge on any atom is -0.379 e. The Morgan fingerprint density at radius 1 is 0.913 bits per heavy atom. The minimum absolute atomic E-state index is 0.000300. The maximum absolute atomic E-state index is 5.84. The lowest BCUT2D eigenvalue weighted by molar-refractivity contribution is -0.193. The third-order valence-electron chi connectivity index (χ3n) is 4.52. The third kappa shape index (κ3) is 12.9. The molecule has 1 aliphatic heterocycles. The van der Waals surface area contributed by atoms with Gasteiger partial charge in [0.25, 0.3) is 0 Å². The van der Waals surface area contributed by atoms with Crippen LogP contribution in [0.15, 0.2) is 0 Å². The number of hydrogen-bond acceptors (Lipinski definition) is 3. The second kappa shape index (κ2) is 15.4.